The van der Waals surface area contributed by atoms with Crippen molar-refractivity contribution in [1.82, 2.24) is 10.3 Å². The van der Waals surface area contributed by atoms with Crippen LogP contribution in [0.4, 0.5) is 4.79 Å². The first-order valence-corrected chi connectivity index (χ1v) is 7.92. The predicted octanol–water partition coefficient (Wildman–Crippen LogP) is 3.30. The molecule has 118 valence electrons. The average molecular weight is 336 g/mol. The molecule has 24 heavy (non-hydrogen) atoms. The number of nitrogens with zero attached hydrogens (tertiary/aromatic N) is 1. The van der Waals surface area contributed by atoms with Crippen LogP contribution in [0.5, 0.6) is 0 Å². The summed E-state index contributed by atoms with van der Waals surface area (Å²) in [5, 5.41) is 1.85. The molecule has 1 fully saturated rings. The molecule has 1 aromatic heterocycles. The van der Waals surface area contributed by atoms with Crippen molar-refractivity contribution in [2.75, 3.05) is 0 Å². The summed E-state index contributed by atoms with van der Waals surface area (Å²) >= 11 is 0.880. The molecule has 0 radical (unpaired) electrons. The first-order valence-electron chi connectivity index (χ1n) is 7.10. The molecule has 0 spiro atoms. The molecule has 0 bridgehead atoms. The van der Waals surface area contributed by atoms with E-state index in [0.717, 1.165) is 22.9 Å². The second-order valence-corrected chi connectivity index (χ2v) is 5.95. The number of rotatable bonds is 4. The first-order chi connectivity index (χ1) is 11.6. The Bertz CT molecular complexity index is 856. The minimum absolute atomic E-state index is 0.167. The van der Waals surface area contributed by atoms with Gasteiger partial charge in [-0.15, -0.1) is 0 Å². The highest BCUT2D eigenvalue weighted by molar-refractivity contribution is 8.18. The minimum Gasteiger partial charge on any atom is -0.288 e. The molecule has 2 aromatic rings. The second-order valence-electron chi connectivity index (χ2n) is 4.93. The Morgan fingerprint density at radius 1 is 1.04 bits per heavy atom. The fourth-order valence-electron chi connectivity index (χ4n) is 2.04. The Morgan fingerprint density at radius 2 is 1.79 bits per heavy atom. The van der Waals surface area contributed by atoms with Crippen LogP contribution in [0.2, 0.25) is 0 Å². The van der Waals surface area contributed by atoms with E-state index >= 15 is 0 Å². The number of nitrogens with one attached hydrogen (secondary N) is 1. The molecule has 0 saturated carbocycles. The van der Waals surface area contributed by atoms with Crippen LogP contribution in [0, 0.1) is 0 Å². The van der Waals surface area contributed by atoms with Gasteiger partial charge in [0.2, 0.25) is 5.78 Å². The summed E-state index contributed by atoms with van der Waals surface area (Å²) in [6.07, 6.45) is 6.39. The van der Waals surface area contributed by atoms with Crippen LogP contribution in [-0.2, 0) is 4.79 Å². The highest BCUT2D eigenvalue weighted by Gasteiger charge is 2.24. The molecular formula is C18H12N2O3S. The summed E-state index contributed by atoms with van der Waals surface area (Å²) in [4.78, 5) is 38.9. The van der Waals surface area contributed by atoms with Crippen molar-refractivity contribution in [2.24, 2.45) is 0 Å². The van der Waals surface area contributed by atoms with E-state index in [0.29, 0.717) is 10.6 Å². The number of allylic oxidation sites excluding steroid dienone is 1. The number of carbonyl (C=O) groups is 3. The maximum Gasteiger partial charge on any atom is 0.290 e. The minimum atomic E-state index is -0.380. The number of aromatic nitrogens is 1. The smallest absolute Gasteiger partial charge is 0.288 e. The van der Waals surface area contributed by atoms with E-state index in [4.69, 9.17) is 0 Å². The van der Waals surface area contributed by atoms with Crippen molar-refractivity contribution in [3.05, 3.63) is 76.5 Å². The molecule has 1 aliphatic rings. The monoisotopic (exact) mass is 336 g/mol. The molecule has 2 heterocycles. The number of ketones is 1. The standard InChI is InChI=1S/C18H12N2O3S/c21-15(14-3-1-2-10-19-14)9-8-12-4-6-13(7-5-12)11-16-17(22)20-18(23)24-16/h1-11H,(H,20,22,23)/b9-8+,16-11-. The van der Waals surface area contributed by atoms with E-state index in [1.54, 1.807) is 36.5 Å². The van der Waals surface area contributed by atoms with Crippen molar-refractivity contribution in [3.63, 3.8) is 0 Å². The molecular weight excluding hydrogens is 324 g/mol. The van der Waals surface area contributed by atoms with Crippen LogP contribution in [0.15, 0.2) is 59.6 Å². The summed E-state index contributed by atoms with van der Waals surface area (Å²) < 4.78 is 0. The lowest BCUT2D eigenvalue weighted by molar-refractivity contribution is -0.115. The van der Waals surface area contributed by atoms with Gasteiger partial charge >= 0.3 is 0 Å². The number of pyridine rings is 1. The topological polar surface area (TPSA) is 76.1 Å². The third-order valence-electron chi connectivity index (χ3n) is 3.22. The summed E-state index contributed by atoms with van der Waals surface area (Å²) in [5.41, 5.74) is 2.04. The van der Waals surface area contributed by atoms with E-state index in [2.05, 4.69) is 10.3 Å². The zero-order chi connectivity index (χ0) is 16.9. The Hall–Kier alpha value is -2.99. The Kier molecular flexibility index (Phi) is 4.67. The molecule has 2 amide bonds. The number of imide groups is 1. The van der Waals surface area contributed by atoms with Gasteiger partial charge in [-0.3, -0.25) is 24.7 Å². The van der Waals surface area contributed by atoms with Crippen molar-refractivity contribution < 1.29 is 14.4 Å². The average Bonchev–Trinajstić information content (AvgIpc) is 2.92. The molecule has 0 atom stereocenters. The van der Waals surface area contributed by atoms with Crippen LogP contribution < -0.4 is 5.32 Å². The fourth-order valence-corrected chi connectivity index (χ4v) is 2.72. The van der Waals surface area contributed by atoms with Gasteiger partial charge in [0.1, 0.15) is 5.69 Å². The normalized spacial score (nSPS) is 15.9. The Morgan fingerprint density at radius 3 is 2.42 bits per heavy atom. The molecule has 1 N–H and O–H groups in total. The maximum atomic E-state index is 11.9. The van der Waals surface area contributed by atoms with Gasteiger partial charge in [0, 0.05) is 6.20 Å². The Balaban J connectivity index is 1.70. The number of hydrogen-bond acceptors (Lipinski definition) is 5. The highest BCUT2D eigenvalue weighted by atomic mass is 32.2. The quantitative estimate of drug-likeness (QED) is 0.685. The fraction of sp³-hybridized carbons (Fsp3) is 0. The van der Waals surface area contributed by atoms with E-state index in [1.165, 1.54) is 6.08 Å². The van der Waals surface area contributed by atoms with Crippen LogP contribution in [0.25, 0.3) is 12.2 Å². The van der Waals surface area contributed by atoms with E-state index in [9.17, 15) is 14.4 Å². The maximum absolute atomic E-state index is 11.9. The van der Waals surface area contributed by atoms with E-state index in [-0.39, 0.29) is 16.9 Å². The van der Waals surface area contributed by atoms with Crippen molar-refractivity contribution in [3.8, 4) is 0 Å². The number of carbonyl (C=O) groups excluding carboxylic acids is 3. The van der Waals surface area contributed by atoms with Gasteiger partial charge in [-0.25, -0.2) is 0 Å². The lowest BCUT2D eigenvalue weighted by Crippen LogP contribution is -2.17. The highest BCUT2D eigenvalue weighted by Crippen LogP contribution is 2.25. The zero-order valence-electron chi connectivity index (χ0n) is 12.4. The summed E-state index contributed by atoms with van der Waals surface area (Å²) in [7, 11) is 0. The SMILES string of the molecule is O=C1NC(=O)/C(=C/c2ccc(/C=C/C(=O)c3ccccn3)cc2)S1. The zero-order valence-corrected chi connectivity index (χ0v) is 13.2. The van der Waals surface area contributed by atoms with Gasteiger partial charge in [0.05, 0.1) is 4.91 Å². The second kappa shape index (κ2) is 7.06. The number of thioether (sulfide) groups is 1. The van der Waals surface area contributed by atoms with Gasteiger partial charge in [0.25, 0.3) is 11.1 Å². The summed E-state index contributed by atoms with van der Waals surface area (Å²) in [5.74, 6) is -0.547. The third-order valence-corrected chi connectivity index (χ3v) is 4.03. The Labute approximate surface area is 142 Å². The molecule has 0 aliphatic carbocycles. The van der Waals surface area contributed by atoms with Crippen molar-refractivity contribution >= 4 is 40.8 Å². The van der Waals surface area contributed by atoms with Gasteiger partial charge in [-0.2, -0.15) is 0 Å². The van der Waals surface area contributed by atoms with Crippen LogP contribution in [0.1, 0.15) is 21.6 Å². The molecule has 1 saturated heterocycles. The third kappa shape index (κ3) is 3.85. The number of amides is 2. The van der Waals surface area contributed by atoms with Gasteiger partial charge < -0.3 is 0 Å². The number of benzene rings is 1. The molecule has 1 aromatic carbocycles. The molecule has 6 heteroatoms. The lowest BCUT2D eigenvalue weighted by Gasteiger charge is -1.97. The lowest BCUT2D eigenvalue weighted by atomic mass is 10.1. The largest absolute Gasteiger partial charge is 0.290 e. The van der Waals surface area contributed by atoms with E-state index in [1.807, 2.05) is 24.3 Å². The summed E-state index contributed by atoms with van der Waals surface area (Å²) in [6.45, 7) is 0. The summed E-state index contributed by atoms with van der Waals surface area (Å²) in [6, 6.07) is 12.5. The molecule has 5 nitrogen and oxygen atoms in total. The van der Waals surface area contributed by atoms with Gasteiger partial charge in [-0.1, -0.05) is 36.4 Å². The predicted molar refractivity (Wildman–Crippen MR) is 93.2 cm³/mol. The van der Waals surface area contributed by atoms with Crippen LogP contribution in [-0.4, -0.2) is 21.9 Å². The molecule has 1 aliphatic heterocycles. The van der Waals surface area contributed by atoms with Gasteiger partial charge in [0.15, 0.2) is 0 Å². The van der Waals surface area contributed by atoms with Crippen molar-refractivity contribution in [1.29, 1.82) is 0 Å². The number of hydrogen-bond donors (Lipinski definition) is 1. The molecule has 3 rings (SSSR count). The van der Waals surface area contributed by atoms with E-state index < -0.39 is 0 Å². The van der Waals surface area contributed by atoms with Crippen LogP contribution in [0.3, 0.4) is 0 Å². The van der Waals surface area contributed by atoms with Crippen molar-refractivity contribution in [2.45, 2.75) is 0 Å². The van der Waals surface area contributed by atoms with Gasteiger partial charge in [-0.05, 0) is 47.2 Å². The molecule has 0 unspecified atom stereocenters. The van der Waals surface area contributed by atoms with Crippen LogP contribution >= 0.6 is 11.8 Å². The first kappa shape index (κ1) is 15.9.